The first-order chi connectivity index (χ1) is 9.29. The van der Waals surface area contributed by atoms with Crippen LogP contribution in [-0.4, -0.2) is 35.1 Å². The number of aliphatic hydroxyl groups is 1. The van der Waals surface area contributed by atoms with Crippen molar-refractivity contribution in [1.82, 2.24) is 4.90 Å². The van der Waals surface area contributed by atoms with Crippen molar-refractivity contribution in [3.8, 4) is 0 Å². The monoisotopic (exact) mass is 265 g/mol. The molecule has 2 bridgehead atoms. The zero-order chi connectivity index (χ0) is 13.2. The molecule has 0 aromatic carbocycles. The van der Waals surface area contributed by atoms with Gasteiger partial charge >= 0.3 is 0 Å². The zero-order valence-electron chi connectivity index (χ0n) is 11.9. The fourth-order valence-electron chi connectivity index (χ4n) is 4.73. The Balaban J connectivity index is 1.66. The molecule has 0 spiro atoms. The van der Waals surface area contributed by atoms with Crippen molar-refractivity contribution < 1.29 is 9.90 Å². The summed E-state index contributed by atoms with van der Waals surface area (Å²) in [4.78, 5) is 14.9. The third-order valence-electron chi connectivity index (χ3n) is 5.69. The predicted molar refractivity (Wildman–Crippen MR) is 74.6 cm³/mol. The molecule has 0 radical (unpaired) electrons. The number of hydrogen-bond donors (Lipinski definition) is 1. The van der Waals surface area contributed by atoms with Crippen LogP contribution < -0.4 is 0 Å². The largest absolute Gasteiger partial charge is 0.395 e. The number of rotatable bonds is 4. The lowest BCUT2D eigenvalue weighted by Crippen LogP contribution is -2.46. The molecule has 0 heterocycles. The lowest BCUT2D eigenvalue weighted by molar-refractivity contribution is -0.141. The lowest BCUT2D eigenvalue weighted by atomic mass is 9.86. The SMILES string of the molecule is O=C(C1CC2CCC1C2)N(CCO)C1CCCCC1. The van der Waals surface area contributed by atoms with E-state index in [9.17, 15) is 9.90 Å². The van der Waals surface area contributed by atoms with Crippen LogP contribution in [0.15, 0.2) is 0 Å². The van der Waals surface area contributed by atoms with Gasteiger partial charge in [0.2, 0.25) is 5.91 Å². The van der Waals surface area contributed by atoms with Gasteiger partial charge in [0.15, 0.2) is 0 Å². The van der Waals surface area contributed by atoms with Gasteiger partial charge in [0.05, 0.1) is 6.61 Å². The fourth-order valence-corrected chi connectivity index (χ4v) is 4.73. The first-order valence-corrected chi connectivity index (χ1v) is 8.21. The number of carbonyl (C=O) groups is 1. The van der Waals surface area contributed by atoms with Crippen molar-refractivity contribution >= 4 is 5.91 Å². The third-order valence-corrected chi connectivity index (χ3v) is 5.69. The molecular formula is C16H27NO2. The Morgan fingerprint density at radius 3 is 2.42 bits per heavy atom. The maximum Gasteiger partial charge on any atom is 0.226 e. The average Bonchev–Trinajstić information content (AvgIpc) is 3.07. The van der Waals surface area contributed by atoms with Crippen molar-refractivity contribution in [1.29, 1.82) is 0 Å². The summed E-state index contributed by atoms with van der Waals surface area (Å²) < 4.78 is 0. The van der Waals surface area contributed by atoms with E-state index in [1.54, 1.807) is 0 Å². The average molecular weight is 265 g/mol. The summed E-state index contributed by atoms with van der Waals surface area (Å²) in [7, 11) is 0. The Labute approximate surface area is 116 Å². The van der Waals surface area contributed by atoms with Crippen LogP contribution in [0.1, 0.15) is 57.8 Å². The first kappa shape index (κ1) is 13.4. The lowest BCUT2D eigenvalue weighted by Gasteiger charge is -2.37. The summed E-state index contributed by atoms with van der Waals surface area (Å²) in [5.74, 6) is 2.13. The van der Waals surface area contributed by atoms with Crippen molar-refractivity contribution in [2.45, 2.75) is 63.8 Å². The quantitative estimate of drug-likeness (QED) is 0.848. The van der Waals surface area contributed by atoms with Gasteiger partial charge in [0.25, 0.3) is 0 Å². The molecule has 3 nitrogen and oxygen atoms in total. The van der Waals surface area contributed by atoms with Crippen molar-refractivity contribution in [3.63, 3.8) is 0 Å². The van der Waals surface area contributed by atoms with Crippen molar-refractivity contribution in [2.24, 2.45) is 17.8 Å². The summed E-state index contributed by atoms with van der Waals surface area (Å²) in [6.07, 6.45) is 11.1. The van der Waals surface area contributed by atoms with Crippen LogP contribution in [-0.2, 0) is 4.79 Å². The highest BCUT2D eigenvalue weighted by molar-refractivity contribution is 5.80. The van der Waals surface area contributed by atoms with E-state index >= 15 is 0 Å². The predicted octanol–water partition coefficient (Wildman–Crippen LogP) is 2.58. The van der Waals surface area contributed by atoms with Crippen LogP contribution in [0.4, 0.5) is 0 Å². The standard InChI is InChI=1S/C16H27NO2/c18-9-8-17(14-4-2-1-3-5-14)16(19)15-11-12-6-7-13(15)10-12/h12-15,18H,1-11H2. The van der Waals surface area contributed by atoms with Crippen LogP contribution in [0.25, 0.3) is 0 Å². The summed E-state index contributed by atoms with van der Waals surface area (Å²) in [5, 5.41) is 9.30. The van der Waals surface area contributed by atoms with Gasteiger partial charge in [-0.05, 0) is 43.9 Å². The molecule has 3 fully saturated rings. The van der Waals surface area contributed by atoms with Crippen molar-refractivity contribution in [2.75, 3.05) is 13.2 Å². The summed E-state index contributed by atoms with van der Waals surface area (Å²) in [6.45, 7) is 0.667. The first-order valence-electron chi connectivity index (χ1n) is 8.21. The smallest absolute Gasteiger partial charge is 0.226 e. The molecular weight excluding hydrogens is 238 g/mol. The second-order valence-corrected chi connectivity index (χ2v) is 6.83. The summed E-state index contributed by atoms with van der Waals surface area (Å²) in [6, 6.07) is 0.410. The van der Waals surface area contributed by atoms with Gasteiger partial charge in [-0.15, -0.1) is 0 Å². The molecule has 1 amide bonds. The Morgan fingerprint density at radius 1 is 1.05 bits per heavy atom. The van der Waals surface area contributed by atoms with E-state index in [1.807, 2.05) is 4.90 Å². The van der Waals surface area contributed by atoms with Gasteiger partial charge in [0.1, 0.15) is 0 Å². The number of fused-ring (bicyclic) bond motifs is 2. The highest BCUT2D eigenvalue weighted by atomic mass is 16.3. The molecule has 0 aliphatic heterocycles. The maximum absolute atomic E-state index is 12.8. The number of carbonyl (C=O) groups excluding carboxylic acids is 1. The number of hydrogen-bond acceptors (Lipinski definition) is 2. The Kier molecular flexibility index (Phi) is 4.11. The van der Waals surface area contributed by atoms with Crippen LogP contribution in [0.5, 0.6) is 0 Å². The van der Waals surface area contributed by atoms with Gasteiger partial charge < -0.3 is 10.0 Å². The second kappa shape index (κ2) is 5.82. The molecule has 3 atom stereocenters. The van der Waals surface area contributed by atoms with Crippen LogP contribution in [0, 0.1) is 17.8 Å². The van der Waals surface area contributed by atoms with Crippen molar-refractivity contribution in [3.05, 3.63) is 0 Å². The normalized spacial score (nSPS) is 34.7. The van der Waals surface area contributed by atoms with Gasteiger partial charge in [-0.2, -0.15) is 0 Å². The Bertz CT molecular complexity index is 325. The molecule has 1 N–H and O–H groups in total. The molecule has 3 aliphatic rings. The van der Waals surface area contributed by atoms with Gasteiger partial charge in [-0.3, -0.25) is 4.79 Å². The second-order valence-electron chi connectivity index (χ2n) is 6.83. The summed E-state index contributed by atoms with van der Waals surface area (Å²) >= 11 is 0. The summed E-state index contributed by atoms with van der Waals surface area (Å²) in [5.41, 5.74) is 0. The minimum atomic E-state index is 0.114. The van der Waals surface area contributed by atoms with Gasteiger partial charge in [0, 0.05) is 18.5 Å². The zero-order valence-corrected chi connectivity index (χ0v) is 11.9. The van der Waals surface area contributed by atoms with E-state index < -0.39 is 0 Å². The van der Waals surface area contributed by atoms with E-state index in [-0.39, 0.29) is 12.5 Å². The highest BCUT2D eigenvalue weighted by Crippen LogP contribution is 2.49. The Hall–Kier alpha value is -0.570. The van der Waals surface area contributed by atoms with E-state index in [0.29, 0.717) is 24.4 Å². The van der Waals surface area contributed by atoms with E-state index in [2.05, 4.69) is 0 Å². The van der Waals surface area contributed by atoms with Crippen LogP contribution in [0.3, 0.4) is 0 Å². The minimum absolute atomic E-state index is 0.114. The van der Waals surface area contributed by atoms with E-state index in [4.69, 9.17) is 0 Å². The fraction of sp³-hybridized carbons (Fsp3) is 0.938. The molecule has 108 valence electrons. The molecule has 0 aromatic heterocycles. The maximum atomic E-state index is 12.8. The van der Waals surface area contributed by atoms with Gasteiger partial charge in [-0.1, -0.05) is 25.7 Å². The van der Waals surface area contributed by atoms with E-state index in [1.165, 1.54) is 38.5 Å². The topological polar surface area (TPSA) is 40.5 Å². The van der Waals surface area contributed by atoms with Crippen LogP contribution >= 0.6 is 0 Å². The molecule has 3 saturated carbocycles. The van der Waals surface area contributed by atoms with Crippen LogP contribution in [0.2, 0.25) is 0 Å². The Morgan fingerprint density at radius 2 is 1.84 bits per heavy atom. The molecule has 0 aromatic rings. The highest BCUT2D eigenvalue weighted by Gasteiger charge is 2.45. The molecule has 3 aliphatic carbocycles. The third kappa shape index (κ3) is 2.67. The molecule has 3 unspecified atom stereocenters. The number of nitrogens with zero attached hydrogens (tertiary/aromatic N) is 1. The van der Waals surface area contributed by atoms with E-state index in [0.717, 1.165) is 25.2 Å². The molecule has 19 heavy (non-hydrogen) atoms. The minimum Gasteiger partial charge on any atom is -0.395 e. The number of aliphatic hydroxyl groups excluding tert-OH is 1. The molecule has 3 heteroatoms. The van der Waals surface area contributed by atoms with Gasteiger partial charge in [-0.25, -0.2) is 0 Å². The molecule has 3 rings (SSSR count). The molecule has 0 saturated heterocycles. The number of amides is 1.